The first-order chi connectivity index (χ1) is 9.97. The summed E-state index contributed by atoms with van der Waals surface area (Å²) in [4.78, 5) is 0. The molecule has 0 radical (unpaired) electrons. The molecule has 1 aromatic carbocycles. The molecular weight excluding hydrogens is 326 g/mol. The van der Waals surface area contributed by atoms with E-state index >= 15 is 0 Å². The third kappa shape index (κ3) is 3.29. The quantitative estimate of drug-likeness (QED) is 0.871. The smallest absolute Gasteiger partial charge is 0.125 e. The zero-order chi connectivity index (χ0) is 15.0. The Labute approximate surface area is 136 Å². The van der Waals surface area contributed by atoms with Crippen molar-refractivity contribution >= 4 is 15.9 Å². The molecular formula is C18H26BrNO. The first-order valence-electron chi connectivity index (χ1n) is 8.20. The van der Waals surface area contributed by atoms with Crippen LogP contribution in [0.25, 0.3) is 0 Å². The van der Waals surface area contributed by atoms with Gasteiger partial charge in [0, 0.05) is 16.4 Å². The lowest BCUT2D eigenvalue weighted by atomic mass is 9.70. The van der Waals surface area contributed by atoms with Crippen LogP contribution in [0.5, 0.6) is 5.75 Å². The van der Waals surface area contributed by atoms with Gasteiger partial charge in [0.15, 0.2) is 0 Å². The summed E-state index contributed by atoms with van der Waals surface area (Å²) in [6, 6.07) is 4.39. The Balaban J connectivity index is 1.83. The second kappa shape index (κ2) is 5.92. The summed E-state index contributed by atoms with van der Waals surface area (Å²) < 4.78 is 7.02. The number of hydrogen-bond acceptors (Lipinski definition) is 2. The molecule has 1 fully saturated rings. The Kier molecular flexibility index (Phi) is 4.33. The van der Waals surface area contributed by atoms with Gasteiger partial charge in [-0.2, -0.15) is 0 Å². The number of fused-ring (bicyclic) bond motifs is 1. The first-order valence-corrected chi connectivity index (χ1v) is 8.99. The van der Waals surface area contributed by atoms with Gasteiger partial charge in [-0.1, -0.05) is 42.6 Å². The van der Waals surface area contributed by atoms with E-state index in [1.165, 1.54) is 24.0 Å². The van der Waals surface area contributed by atoms with E-state index < -0.39 is 0 Å². The zero-order valence-corrected chi connectivity index (χ0v) is 14.7. The molecule has 1 saturated carbocycles. The van der Waals surface area contributed by atoms with E-state index in [1.54, 1.807) is 0 Å². The minimum Gasteiger partial charge on any atom is -0.493 e. The van der Waals surface area contributed by atoms with E-state index in [0.717, 1.165) is 54.3 Å². The summed E-state index contributed by atoms with van der Waals surface area (Å²) in [5.74, 6) is 2.61. The third-order valence-electron chi connectivity index (χ3n) is 5.23. The minimum atomic E-state index is -0.0618. The van der Waals surface area contributed by atoms with E-state index in [0.29, 0.717) is 0 Å². The van der Waals surface area contributed by atoms with Gasteiger partial charge in [0.05, 0.1) is 6.61 Å². The van der Waals surface area contributed by atoms with Crippen LogP contribution in [0, 0.1) is 11.8 Å². The fourth-order valence-electron chi connectivity index (χ4n) is 4.03. The van der Waals surface area contributed by atoms with Crippen LogP contribution in [0.1, 0.15) is 50.7 Å². The van der Waals surface area contributed by atoms with E-state index in [-0.39, 0.29) is 5.54 Å². The van der Waals surface area contributed by atoms with Crippen molar-refractivity contribution in [3.8, 4) is 5.75 Å². The largest absolute Gasteiger partial charge is 0.493 e. The maximum Gasteiger partial charge on any atom is 0.125 e. The van der Waals surface area contributed by atoms with E-state index in [2.05, 4.69) is 41.9 Å². The standard InChI is InChI=1S/C18H26BrNO/c1-12(2)14-4-3-6-18(20,10-14)11-15-9-16(19)8-13-5-7-21-17(13)15/h8-9,12,14H,3-7,10-11,20H2,1-2H3. The molecule has 0 amide bonds. The highest BCUT2D eigenvalue weighted by molar-refractivity contribution is 9.10. The van der Waals surface area contributed by atoms with Gasteiger partial charge in [-0.05, 0) is 54.4 Å². The van der Waals surface area contributed by atoms with Crippen LogP contribution >= 0.6 is 15.9 Å². The molecule has 1 aliphatic carbocycles. The van der Waals surface area contributed by atoms with Crippen molar-refractivity contribution in [2.24, 2.45) is 17.6 Å². The van der Waals surface area contributed by atoms with Crippen molar-refractivity contribution in [1.29, 1.82) is 0 Å². The van der Waals surface area contributed by atoms with Gasteiger partial charge in [-0.3, -0.25) is 0 Å². The number of rotatable bonds is 3. The summed E-state index contributed by atoms with van der Waals surface area (Å²) in [5, 5.41) is 0. The predicted octanol–water partition coefficient (Wildman–Crippen LogP) is 4.47. The fraction of sp³-hybridized carbons (Fsp3) is 0.667. The third-order valence-corrected chi connectivity index (χ3v) is 5.69. The molecule has 2 unspecified atom stereocenters. The van der Waals surface area contributed by atoms with Gasteiger partial charge >= 0.3 is 0 Å². The van der Waals surface area contributed by atoms with Crippen LogP contribution in [-0.4, -0.2) is 12.1 Å². The SMILES string of the molecule is CC(C)C1CCCC(N)(Cc2cc(Br)cc3c2OCC3)C1. The van der Waals surface area contributed by atoms with Crippen molar-refractivity contribution in [2.45, 2.75) is 57.9 Å². The fourth-order valence-corrected chi connectivity index (χ4v) is 4.58. The monoisotopic (exact) mass is 351 g/mol. The molecule has 0 spiro atoms. The predicted molar refractivity (Wildman–Crippen MR) is 90.8 cm³/mol. The number of nitrogens with two attached hydrogens (primary N) is 1. The van der Waals surface area contributed by atoms with Crippen LogP contribution in [0.4, 0.5) is 0 Å². The number of hydrogen-bond donors (Lipinski definition) is 1. The molecule has 0 saturated heterocycles. The van der Waals surface area contributed by atoms with E-state index in [9.17, 15) is 0 Å². The molecule has 2 aliphatic rings. The molecule has 116 valence electrons. The Bertz CT molecular complexity index is 528. The molecule has 21 heavy (non-hydrogen) atoms. The van der Waals surface area contributed by atoms with Gasteiger partial charge < -0.3 is 10.5 Å². The highest BCUT2D eigenvalue weighted by atomic mass is 79.9. The van der Waals surface area contributed by atoms with Crippen molar-refractivity contribution in [1.82, 2.24) is 0 Å². The topological polar surface area (TPSA) is 35.2 Å². The van der Waals surface area contributed by atoms with Crippen LogP contribution in [0.2, 0.25) is 0 Å². The van der Waals surface area contributed by atoms with Crippen LogP contribution in [-0.2, 0) is 12.8 Å². The van der Waals surface area contributed by atoms with Crippen molar-refractivity contribution in [3.05, 3.63) is 27.7 Å². The highest BCUT2D eigenvalue weighted by Crippen LogP contribution is 2.40. The first kappa shape index (κ1) is 15.4. The molecule has 0 bridgehead atoms. The van der Waals surface area contributed by atoms with E-state index in [1.807, 2.05) is 0 Å². The normalized spacial score (nSPS) is 28.5. The second-order valence-electron chi connectivity index (χ2n) is 7.29. The van der Waals surface area contributed by atoms with Gasteiger partial charge in [0.25, 0.3) is 0 Å². The van der Waals surface area contributed by atoms with Crippen molar-refractivity contribution in [3.63, 3.8) is 0 Å². The lowest BCUT2D eigenvalue weighted by Crippen LogP contribution is -2.47. The van der Waals surface area contributed by atoms with Crippen LogP contribution in [0.3, 0.4) is 0 Å². The zero-order valence-electron chi connectivity index (χ0n) is 13.1. The second-order valence-corrected chi connectivity index (χ2v) is 8.21. The maximum absolute atomic E-state index is 6.79. The molecule has 1 aliphatic heterocycles. The minimum absolute atomic E-state index is 0.0618. The maximum atomic E-state index is 6.79. The average Bonchev–Trinajstić information content (AvgIpc) is 2.86. The Morgan fingerprint density at radius 2 is 2.24 bits per heavy atom. The van der Waals surface area contributed by atoms with Crippen LogP contribution in [0.15, 0.2) is 16.6 Å². The molecule has 0 aromatic heterocycles. The highest BCUT2D eigenvalue weighted by Gasteiger charge is 2.35. The molecule has 3 heteroatoms. The van der Waals surface area contributed by atoms with Gasteiger partial charge in [-0.15, -0.1) is 0 Å². The Morgan fingerprint density at radius 3 is 3.00 bits per heavy atom. The van der Waals surface area contributed by atoms with Gasteiger partial charge in [0.2, 0.25) is 0 Å². The lowest BCUT2D eigenvalue weighted by Gasteiger charge is -2.40. The van der Waals surface area contributed by atoms with Gasteiger partial charge in [-0.25, -0.2) is 0 Å². The van der Waals surface area contributed by atoms with Crippen molar-refractivity contribution in [2.75, 3.05) is 6.61 Å². The van der Waals surface area contributed by atoms with E-state index in [4.69, 9.17) is 10.5 Å². The Hall–Kier alpha value is -0.540. The summed E-state index contributed by atoms with van der Waals surface area (Å²) in [7, 11) is 0. The number of ether oxygens (including phenoxy) is 1. The summed E-state index contributed by atoms with van der Waals surface area (Å²) in [6.07, 6.45) is 6.84. The molecule has 2 N–H and O–H groups in total. The summed E-state index contributed by atoms with van der Waals surface area (Å²) in [5.41, 5.74) is 9.36. The van der Waals surface area contributed by atoms with Gasteiger partial charge in [0.1, 0.15) is 5.75 Å². The summed E-state index contributed by atoms with van der Waals surface area (Å²) >= 11 is 3.64. The number of benzene rings is 1. The Morgan fingerprint density at radius 1 is 1.43 bits per heavy atom. The van der Waals surface area contributed by atoms with Crippen LogP contribution < -0.4 is 10.5 Å². The summed E-state index contributed by atoms with van der Waals surface area (Å²) in [6.45, 7) is 5.47. The molecule has 2 atom stereocenters. The average molecular weight is 352 g/mol. The molecule has 3 rings (SSSR count). The van der Waals surface area contributed by atoms with Crippen molar-refractivity contribution < 1.29 is 4.74 Å². The number of halogens is 1. The molecule has 2 nitrogen and oxygen atoms in total. The lowest BCUT2D eigenvalue weighted by molar-refractivity contribution is 0.181. The molecule has 1 aromatic rings. The molecule has 1 heterocycles.